The molecule has 0 saturated carbocycles. The molecule has 0 rings (SSSR count). The molecule has 0 fully saturated rings. The molecule has 0 atom stereocenters. The second-order valence-corrected chi connectivity index (χ2v) is 2.14. The highest BCUT2D eigenvalue weighted by Gasteiger charge is 1.46. The smallest absolute Gasteiger partial charge is 0.191 e. The van der Waals surface area contributed by atoms with E-state index in [0.717, 1.165) is 15.2 Å². The van der Waals surface area contributed by atoms with Crippen molar-refractivity contribution in [3.63, 3.8) is 0 Å². The van der Waals surface area contributed by atoms with Gasteiger partial charge < -0.3 is 4.74 Å². The van der Waals surface area contributed by atoms with Crippen LogP contribution in [0, 0.1) is 0 Å². The lowest BCUT2D eigenvalue weighted by Crippen LogP contribution is -1.55. The first-order chi connectivity index (χ1) is 2.83. The van der Waals surface area contributed by atoms with Gasteiger partial charge in [0.1, 0.15) is 0 Å². The number of ether oxygens (including phenoxy) is 1. The molecule has 2 heteroatoms. The second-order valence-electron chi connectivity index (χ2n) is 0.986. The minimum Gasteiger partial charge on any atom is -0.388 e. The van der Waals surface area contributed by atoms with Crippen LogP contribution in [0.3, 0.4) is 0 Å². The zero-order chi connectivity index (χ0) is 5.41. The zero-order valence-electron chi connectivity index (χ0n) is 4.99. The zero-order valence-corrected chi connectivity index (χ0v) is 6.14. The molecule has 0 bridgehead atoms. The lowest BCUT2D eigenvalue weighted by Gasteiger charge is -1.61. The maximum absolute atomic E-state index is 4.25. The molecule has 0 spiro atoms. The molecule has 0 aromatic carbocycles. The molecule has 6 heavy (non-hydrogen) atoms. The van der Waals surface area contributed by atoms with Crippen LogP contribution in [-0.4, -0.2) is 29.4 Å². The topological polar surface area (TPSA) is 9.23 Å². The fourth-order valence-electron chi connectivity index (χ4n) is 0. The lowest BCUT2D eigenvalue weighted by atomic mass is 11.6. The highest BCUT2D eigenvalue weighted by Crippen LogP contribution is 1.36. The molecule has 0 aliphatic carbocycles. The van der Waals surface area contributed by atoms with Gasteiger partial charge in [0.2, 0.25) is 0 Å². The molecule has 0 aliphatic rings. The van der Waals surface area contributed by atoms with Crippen molar-refractivity contribution in [2.45, 2.75) is 11.6 Å². The SMILES string of the molecule is COC.[CH3][Al][CH3]. The first kappa shape index (κ1) is 9.70. The highest BCUT2D eigenvalue weighted by atomic mass is 27.1. The lowest BCUT2D eigenvalue weighted by molar-refractivity contribution is 0.277. The van der Waals surface area contributed by atoms with Crippen molar-refractivity contribution >= 4 is 15.2 Å². The van der Waals surface area contributed by atoms with Crippen molar-refractivity contribution in [1.29, 1.82) is 0 Å². The minimum absolute atomic E-state index is 0.750. The summed E-state index contributed by atoms with van der Waals surface area (Å²) in [6, 6.07) is 0. The number of rotatable bonds is 0. The summed E-state index contributed by atoms with van der Waals surface area (Å²) < 4.78 is 4.25. The van der Waals surface area contributed by atoms with Gasteiger partial charge in [0, 0.05) is 14.2 Å². The molecule has 0 saturated heterocycles. The quantitative estimate of drug-likeness (QED) is 0.416. The Morgan fingerprint density at radius 2 is 1.17 bits per heavy atom. The Balaban J connectivity index is 0. The fourth-order valence-corrected chi connectivity index (χ4v) is 0. The number of hydrogen-bond donors (Lipinski definition) is 0. The third-order valence-electron chi connectivity index (χ3n) is 0. The van der Waals surface area contributed by atoms with Gasteiger partial charge in [0.15, 0.2) is 15.2 Å². The number of methoxy groups -OCH3 is 1. The van der Waals surface area contributed by atoms with Gasteiger partial charge in [-0.2, -0.15) is 0 Å². The monoisotopic (exact) mass is 103 g/mol. The van der Waals surface area contributed by atoms with Crippen LogP contribution in [0.5, 0.6) is 0 Å². The molecule has 0 unspecified atom stereocenters. The molecule has 37 valence electrons. The third-order valence-corrected chi connectivity index (χ3v) is 0. The fraction of sp³-hybridized carbons (Fsp3) is 1.00. The summed E-state index contributed by atoms with van der Waals surface area (Å²) in [7, 11) is 3.25. The predicted octanol–water partition coefficient (Wildman–Crippen LogP) is 1.05. The summed E-state index contributed by atoms with van der Waals surface area (Å²) in [6.07, 6.45) is 0. The molecule has 0 aromatic heterocycles. The van der Waals surface area contributed by atoms with Gasteiger partial charge in [-0.3, -0.25) is 0 Å². The van der Waals surface area contributed by atoms with E-state index in [9.17, 15) is 0 Å². The van der Waals surface area contributed by atoms with Gasteiger partial charge in [-0.15, -0.1) is 11.6 Å². The average molecular weight is 103 g/mol. The molecule has 0 N–H and O–H groups in total. The summed E-state index contributed by atoms with van der Waals surface area (Å²) in [5.41, 5.74) is 0. The van der Waals surface area contributed by atoms with E-state index in [1.54, 1.807) is 14.2 Å². The Hall–Kier alpha value is 0.492. The van der Waals surface area contributed by atoms with Crippen molar-refractivity contribution in [2.75, 3.05) is 14.2 Å². The normalized spacial score (nSPS) is 5.33. The van der Waals surface area contributed by atoms with Crippen LogP contribution in [0.4, 0.5) is 0 Å². The van der Waals surface area contributed by atoms with Gasteiger partial charge in [0.25, 0.3) is 0 Å². The summed E-state index contributed by atoms with van der Waals surface area (Å²) in [6.45, 7) is 0. The van der Waals surface area contributed by atoms with Crippen molar-refractivity contribution in [2.24, 2.45) is 0 Å². The van der Waals surface area contributed by atoms with E-state index in [-0.39, 0.29) is 0 Å². The van der Waals surface area contributed by atoms with E-state index < -0.39 is 0 Å². The molecular weight excluding hydrogens is 91.0 g/mol. The van der Waals surface area contributed by atoms with E-state index in [2.05, 4.69) is 16.3 Å². The van der Waals surface area contributed by atoms with Crippen LogP contribution in [0.1, 0.15) is 0 Å². The largest absolute Gasteiger partial charge is 0.388 e. The van der Waals surface area contributed by atoms with Gasteiger partial charge >= 0.3 is 0 Å². The van der Waals surface area contributed by atoms with Gasteiger partial charge in [0.05, 0.1) is 0 Å². The van der Waals surface area contributed by atoms with Crippen LogP contribution >= 0.6 is 0 Å². The third kappa shape index (κ3) is 226. The van der Waals surface area contributed by atoms with E-state index in [4.69, 9.17) is 0 Å². The summed E-state index contributed by atoms with van der Waals surface area (Å²) in [5.74, 6) is 4.42. The van der Waals surface area contributed by atoms with Crippen LogP contribution < -0.4 is 0 Å². The molecule has 0 aliphatic heterocycles. The van der Waals surface area contributed by atoms with E-state index in [1.165, 1.54) is 0 Å². The Morgan fingerprint density at radius 3 is 1.17 bits per heavy atom. The van der Waals surface area contributed by atoms with Crippen molar-refractivity contribution in [1.82, 2.24) is 0 Å². The van der Waals surface area contributed by atoms with Crippen molar-refractivity contribution in [3.8, 4) is 0 Å². The highest BCUT2D eigenvalue weighted by molar-refractivity contribution is 6.31. The van der Waals surface area contributed by atoms with Gasteiger partial charge in [-0.05, 0) is 0 Å². The maximum atomic E-state index is 4.25. The summed E-state index contributed by atoms with van der Waals surface area (Å²) >= 11 is 0.750. The molecule has 0 amide bonds. The first-order valence-electron chi connectivity index (χ1n) is 1.97. The van der Waals surface area contributed by atoms with Crippen LogP contribution in [0.2, 0.25) is 11.6 Å². The Bertz CT molecular complexity index is 9.51. The molecule has 0 heterocycles. The maximum Gasteiger partial charge on any atom is 0.191 e. The van der Waals surface area contributed by atoms with Crippen LogP contribution in [0.15, 0.2) is 0 Å². The van der Waals surface area contributed by atoms with Crippen molar-refractivity contribution < 1.29 is 4.74 Å². The molecular formula is C4H12AlO. The molecule has 1 nitrogen and oxygen atoms in total. The van der Waals surface area contributed by atoms with Gasteiger partial charge in [-0.1, -0.05) is 0 Å². The Morgan fingerprint density at radius 1 is 1.17 bits per heavy atom. The second kappa shape index (κ2) is 17.8. The van der Waals surface area contributed by atoms with Crippen LogP contribution in [0.25, 0.3) is 0 Å². The minimum atomic E-state index is 0.750. The van der Waals surface area contributed by atoms with E-state index >= 15 is 0 Å². The first-order valence-corrected chi connectivity index (χ1v) is 4.28. The summed E-state index contributed by atoms with van der Waals surface area (Å²) in [5, 5.41) is 0. The van der Waals surface area contributed by atoms with Crippen molar-refractivity contribution in [3.05, 3.63) is 0 Å². The van der Waals surface area contributed by atoms with E-state index in [1.807, 2.05) is 0 Å². The van der Waals surface area contributed by atoms with Gasteiger partial charge in [-0.25, -0.2) is 0 Å². The van der Waals surface area contributed by atoms with Crippen LogP contribution in [-0.2, 0) is 4.74 Å². The Kier molecular flexibility index (Phi) is 28.9. The van der Waals surface area contributed by atoms with E-state index in [0.29, 0.717) is 0 Å². The predicted molar refractivity (Wildman–Crippen MR) is 30.4 cm³/mol. The number of hydrogen-bond acceptors (Lipinski definition) is 1. The average Bonchev–Trinajstić information content (AvgIpc) is 1.39. The standard InChI is InChI=1S/C2H6O.2CH3.Al/c1-3-2;;;/h1-2H3;2*1H3;. The molecule has 0 aromatic rings. The Labute approximate surface area is 46.4 Å². The summed E-state index contributed by atoms with van der Waals surface area (Å²) in [4.78, 5) is 0. The molecule has 1 radical (unpaired) electrons.